The minimum absolute atomic E-state index is 0.347. The molecule has 0 aliphatic heterocycles. The van der Waals surface area contributed by atoms with E-state index in [0.717, 1.165) is 13.1 Å². The van der Waals surface area contributed by atoms with Gasteiger partial charge in [-0.05, 0) is 27.7 Å². The van der Waals surface area contributed by atoms with Gasteiger partial charge >= 0.3 is 0 Å². The molecule has 2 nitrogen and oxygen atoms in total. The Kier molecular flexibility index (Phi) is 4.72. The summed E-state index contributed by atoms with van der Waals surface area (Å²) < 4.78 is 0. The van der Waals surface area contributed by atoms with Gasteiger partial charge in [-0.2, -0.15) is 5.06 Å². The zero-order valence-electron chi connectivity index (χ0n) is 6.90. The third-order valence-electron chi connectivity index (χ3n) is 1.19. The number of nitrogens with one attached hydrogen (secondary N) is 1. The van der Waals surface area contributed by atoms with Gasteiger partial charge in [0.1, 0.15) is 19.2 Å². The van der Waals surface area contributed by atoms with E-state index >= 15 is 0 Å². The summed E-state index contributed by atoms with van der Waals surface area (Å²) in [5, 5.41) is 1.21. The highest BCUT2D eigenvalue weighted by atomic mass is 16.7. The lowest BCUT2D eigenvalue weighted by Gasteiger charge is -2.15. The van der Waals surface area contributed by atoms with Gasteiger partial charge in [0, 0.05) is 0 Å². The second-order valence-electron chi connectivity index (χ2n) is 2.41. The Morgan fingerprint density at radius 1 is 1.22 bits per heavy atom. The van der Waals surface area contributed by atoms with Crippen molar-refractivity contribution in [1.29, 1.82) is 0 Å². The number of hydroxylamine groups is 2. The van der Waals surface area contributed by atoms with E-state index in [4.69, 9.17) is 4.84 Å². The minimum atomic E-state index is 0.347. The van der Waals surface area contributed by atoms with Crippen LogP contribution >= 0.6 is 0 Å². The van der Waals surface area contributed by atoms with Crippen LogP contribution in [0, 0.1) is 0 Å². The molecule has 0 aromatic heterocycles. The average molecular weight is 132 g/mol. The van der Waals surface area contributed by atoms with Crippen LogP contribution in [-0.2, 0) is 4.84 Å². The molecule has 0 bridgehead atoms. The zero-order chi connectivity index (χ0) is 7.28. The van der Waals surface area contributed by atoms with Crippen molar-refractivity contribution in [2.45, 2.75) is 33.8 Å². The van der Waals surface area contributed by atoms with Crippen molar-refractivity contribution in [3.63, 3.8) is 0 Å². The van der Waals surface area contributed by atoms with Crippen LogP contribution in [-0.4, -0.2) is 19.2 Å². The predicted octanol–water partition coefficient (Wildman–Crippen LogP) is 0.251. The average Bonchev–Trinajstić information content (AvgIpc) is 1.82. The van der Waals surface area contributed by atoms with E-state index < -0.39 is 0 Å². The molecule has 1 N–H and O–H groups in total. The van der Waals surface area contributed by atoms with Crippen LogP contribution in [0.1, 0.15) is 27.7 Å². The van der Waals surface area contributed by atoms with Crippen LogP contribution < -0.4 is 5.06 Å². The number of hydrogen-bond donors (Lipinski definition) is 1. The summed E-state index contributed by atoms with van der Waals surface area (Å²) in [5.41, 5.74) is 0. The topological polar surface area (TPSA) is 13.7 Å². The van der Waals surface area contributed by atoms with Crippen molar-refractivity contribution in [1.82, 2.24) is 0 Å². The van der Waals surface area contributed by atoms with Gasteiger partial charge in [-0.15, -0.1) is 0 Å². The standard InChI is InChI=1S/C7H17NO/c1-5-8(6-2)9-7(3)4/h7H,5-6H2,1-4H3/p+1. The monoisotopic (exact) mass is 132 g/mol. The number of hydrogen-bond acceptors (Lipinski definition) is 1. The zero-order valence-corrected chi connectivity index (χ0v) is 6.90. The lowest BCUT2D eigenvalue weighted by molar-refractivity contribution is -1.09. The summed E-state index contributed by atoms with van der Waals surface area (Å²) in [6.45, 7) is 10.5. The summed E-state index contributed by atoms with van der Waals surface area (Å²) in [7, 11) is 0. The van der Waals surface area contributed by atoms with E-state index in [2.05, 4.69) is 27.7 Å². The summed E-state index contributed by atoms with van der Waals surface area (Å²) in [5.74, 6) is 0. The Morgan fingerprint density at radius 3 is 1.78 bits per heavy atom. The van der Waals surface area contributed by atoms with Crippen LogP contribution in [0.5, 0.6) is 0 Å². The molecule has 0 atom stereocenters. The van der Waals surface area contributed by atoms with Crippen molar-refractivity contribution in [2.24, 2.45) is 0 Å². The second kappa shape index (κ2) is 4.77. The van der Waals surface area contributed by atoms with Crippen molar-refractivity contribution < 1.29 is 9.90 Å². The molecular formula is C7H18NO+. The largest absolute Gasteiger partial charge is 0.202 e. The van der Waals surface area contributed by atoms with E-state index in [1.54, 1.807) is 0 Å². The molecule has 0 aliphatic rings. The second-order valence-corrected chi connectivity index (χ2v) is 2.41. The van der Waals surface area contributed by atoms with E-state index in [-0.39, 0.29) is 0 Å². The molecule has 0 heterocycles. The predicted molar refractivity (Wildman–Crippen MR) is 38.3 cm³/mol. The van der Waals surface area contributed by atoms with Crippen LogP contribution in [0.3, 0.4) is 0 Å². The molecule has 0 aliphatic carbocycles. The van der Waals surface area contributed by atoms with E-state index in [9.17, 15) is 0 Å². The van der Waals surface area contributed by atoms with Crippen molar-refractivity contribution in [3.8, 4) is 0 Å². The van der Waals surface area contributed by atoms with Crippen molar-refractivity contribution in [2.75, 3.05) is 13.1 Å². The molecule has 0 spiro atoms. The maximum absolute atomic E-state index is 5.47. The molecule has 0 saturated heterocycles. The van der Waals surface area contributed by atoms with Gasteiger partial charge in [0.15, 0.2) is 0 Å². The van der Waals surface area contributed by atoms with Gasteiger partial charge in [-0.25, -0.2) is 4.84 Å². The maximum atomic E-state index is 5.47. The smallest absolute Gasteiger partial charge is 0.111 e. The molecule has 0 radical (unpaired) electrons. The highest BCUT2D eigenvalue weighted by Crippen LogP contribution is 1.76. The first-order valence-corrected chi connectivity index (χ1v) is 3.72. The molecule has 0 aromatic rings. The van der Waals surface area contributed by atoms with E-state index in [1.165, 1.54) is 5.06 Å². The van der Waals surface area contributed by atoms with Gasteiger partial charge in [0.25, 0.3) is 0 Å². The normalized spacial score (nSPS) is 11.3. The van der Waals surface area contributed by atoms with Gasteiger partial charge < -0.3 is 0 Å². The Bertz CT molecular complexity index is 59.9. The van der Waals surface area contributed by atoms with Crippen molar-refractivity contribution in [3.05, 3.63) is 0 Å². The first-order valence-electron chi connectivity index (χ1n) is 3.72. The van der Waals surface area contributed by atoms with Crippen LogP contribution in [0.15, 0.2) is 0 Å². The fourth-order valence-electron chi connectivity index (χ4n) is 0.750. The molecule has 0 fully saturated rings. The molecule has 0 rings (SSSR count). The number of quaternary nitrogens is 1. The molecule has 0 amide bonds. The molecule has 2 heteroatoms. The third kappa shape index (κ3) is 4.43. The van der Waals surface area contributed by atoms with Crippen LogP contribution in [0.2, 0.25) is 0 Å². The van der Waals surface area contributed by atoms with Crippen LogP contribution in [0.4, 0.5) is 0 Å². The molecule has 0 unspecified atom stereocenters. The summed E-state index contributed by atoms with van der Waals surface area (Å²) >= 11 is 0. The van der Waals surface area contributed by atoms with E-state index in [1.807, 2.05) is 0 Å². The van der Waals surface area contributed by atoms with Crippen molar-refractivity contribution >= 4 is 0 Å². The Hall–Kier alpha value is -0.0800. The lowest BCUT2D eigenvalue weighted by atomic mass is 10.5. The summed E-state index contributed by atoms with van der Waals surface area (Å²) in [4.78, 5) is 5.47. The van der Waals surface area contributed by atoms with Crippen LogP contribution in [0.25, 0.3) is 0 Å². The summed E-state index contributed by atoms with van der Waals surface area (Å²) in [6, 6.07) is 0. The fourth-order valence-corrected chi connectivity index (χ4v) is 0.750. The SMILES string of the molecule is CC[NH+](CC)OC(C)C. The quantitative estimate of drug-likeness (QED) is 0.541. The maximum Gasteiger partial charge on any atom is 0.111 e. The molecule has 0 aromatic carbocycles. The molecule has 0 saturated carbocycles. The Labute approximate surface area is 57.8 Å². The third-order valence-corrected chi connectivity index (χ3v) is 1.19. The number of rotatable bonds is 4. The minimum Gasteiger partial charge on any atom is -0.202 e. The molecule has 9 heavy (non-hydrogen) atoms. The Balaban J connectivity index is 3.31. The highest BCUT2D eigenvalue weighted by molar-refractivity contribution is 4.25. The summed E-state index contributed by atoms with van der Waals surface area (Å²) in [6.07, 6.45) is 0.347. The van der Waals surface area contributed by atoms with Gasteiger partial charge in [-0.3, -0.25) is 0 Å². The highest BCUT2D eigenvalue weighted by Gasteiger charge is 2.04. The first kappa shape index (κ1) is 8.92. The first-order chi connectivity index (χ1) is 4.20. The Morgan fingerprint density at radius 2 is 1.67 bits per heavy atom. The lowest BCUT2D eigenvalue weighted by Crippen LogP contribution is -3.10. The van der Waals surface area contributed by atoms with Gasteiger partial charge in [0.2, 0.25) is 0 Å². The van der Waals surface area contributed by atoms with E-state index in [0.29, 0.717) is 6.10 Å². The van der Waals surface area contributed by atoms with Gasteiger partial charge in [-0.1, -0.05) is 0 Å². The fraction of sp³-hybridized carbons (Fsp3) is 1.00. The molecule has 56 valence electrons. The molecular weight excluding hydrogens is 114 g/mol. The van der Waals surface area contributed by atoms with Gasteiger partial charge in [0.05, 0.1) is 0 Å².